The minimum Gasteiger partial charge on any atom is -0.497 e. The Morgan fingerprint density at radius 1 is 1.11 bits per heavy atom. The van der Waals surface area contributed by atoms with Crippen molar-refractivity contribution in [1.82, 2.24) is 0 Å². The largest absolute Gasteiger partial charge is 0.497 e. The normalized spacial score (nSPS) is 21.3. The minimum absolute atomic E-state index is 0.408. The molecule has 1 nitrogen and oxygen atoms in total. The Kier molecular flexibility index (Phi) is 2.73. The molecule has 0 unspecified atom stereocenters. The molecule has 2 aliphatic rings. The summed E-state index contributed by atoms with van der Waals surface area (Å²) in [6.45, 7) is 4.83. The van der Waals surface area contributed by atoms with Crippen LogP contribution in [-0.4, -0.2) is 7.11 Å². The molecule has 0 saturated carbocycles. The van der Waals surface area contributed by atoms with E-state index in [0.717, 1.165) is 5.75 Å². The van der Waals surface area contributed by atoms with Crippen molar-refractivity contribution in [3.63, 3.8) is 0 Å². The van der Waals surface area contributed by atoms with E-state index >= 15 is 0 Å². The number of aryl methyl sites for hydroxylation is 1. The van der Waals surface area contributed by atoms with E-state index < -0.39 is 0 Å². The highest BCUT2D eigenvalue weighted by atomic mass is 16.5. The van der Waals surface area contributed by atoms with Crippen LogP contribution in [0, 0.1) is 5.41 Å². The van der Waals surface area contributed by atoms with Crippen LogP contribution in [0.4, 0.5) is 0 Å². The molecule has 1 heteroatoms. The highest BCUT2D eigenvalue weighted by Gasteiger charge is 2.32. The lowest BCUT2D eigenvalue weighted by Crippen LogP contribution is -2.23. The monoisotopic (exact) mass is 242 g/mol. The van der Waals surface area contributed by atoms with Crippen LogP contribution < -0.4 is 4.74 Å². The summed E-state index contributed by atoms with van der Waals surface area (Å²) in [6, 6.07) is 6.60. The summed E-state index contributed by atoms with van der Waals surface area (Å²) in [6.07, 6.45) is 6.35. The second-order valence-electron chi connectivity index (χ2n) is 6.22. The van der Waals surface area contributed by atoms with E-state index in [1.165, 1.54) is 43.2 Å². The first-order chi connectivity index (χ1) is 8.62. The number of hydrogen-bond donors (Lipinski definition) is 0. The van der Waals surface area contributed by atoms with Gasteiger partial charge in [0, 0.05) is 0 Å². The molecule has 18 heavy (non-hydrogen) atoms. The van der Waals surface area contributed by atoms with E-state index in [2.05, 4.69) is 32.0 Å². The molecular weight excluding hydrogens is 220 g/mol. The van der Waals surface area contributed by atoms with Crippen molar-refractivity contribution in [3.8, 4) is 5.75 Å². The van der Waals surface area contributed by atoms with Gasteiger partial charge >= 0.3 is 0 Å². The molecular formula is C17H22O. The molecule has 0 atom stereocenters. The van der Waals surface area contributed by atoms with Crippen LogP contribution in [-0.2, 0) is 6.42 Å². The lowest BCUT2D eigenvalue weighted by atomic mass is 9.66. The summed E-state index contributed by atoms with van der Waals surface area (Å²) in [5.74, 6) is 0.993. The third-order valence-corrected chi connectivity index (χ3v) is 4.69. The van der Waals surface area contributed by atoms with Gasteiger partial charge in [-0.15, -0.1) is 0 Å². The summed E-state index contributed by atoms with van der Waals surface area (Å²) < 4.78 is 5.34. The Bertz CT molecular complexity index is 508. The quantitative estimate of drug-likeness (QED) is 0.699. The van der Waals surface area contributed by atoms with Crippen LogP contribution in [0.5, 0.6) is 5.75 Å². The maximum absolute atomic E-state index is 5.34. The second kappa shape index (κ2) is 4.15. The van der Waals surface area contributed by atoms with Gasteiger partial charge in [0.2, 0.25) is 0 Å². The van der Waals surface area contributed by atoms with Gasteiger partial charge in [0.25, 0.3) is 0 Å². The third kappa shape index (κ3) is 1.77. The van der Waals surface area contributed by atoms with Crippen LogP contribution in [0.25, 0.3) is 5.57 Å². The molecule has 0 saturated heterocycles. The Morgan fingerprint density at radius 2 is 1.94 bits per heavy atom. The van der Waals surface area contributed by atoms with Gasteiger partial charge in [-0.1, -0.05) is 25.5 Å². The van der Waals surface area contributed by atoms with Crippen molar-refractivity contribution in [3.05, 3.63) is 34.9 Å². The average molecular weight is 242 g/mol. The number of allylic oxidation sites excluding steroid dienone is 2. The maximum Gasteiger partial charge on any atom is 0.119 e. The first-order valence-electron chi connectivity index (χ1n) is 7.01. The van der Waals surface area contributed by atoms with Crippen molar-refractivity contribution >= 4 is 5.57 Å². The van der Waals surface area contributed by atoms with E-state index in [9.17, 15) is 0 Å². The van der Waals surface area contributed by atoms with Gasteiger partial charge in [-0.25, -0.2) is 0 Å². The fourth-order valence-electron chi connectivity index (χ4n) is 3.66. The summed E-state index contributed by atoms with van der Waals surface area (Å²) in [7, 11) is 1.75. The number of ether oxygens (including phenoxy) is 1. The minimum atomic E-state index is 0.408. The highest BCUT2D eigenvalue weighted by molar-refractivity contribution is 5.75. The Balaban J connectivity index is 2.11. The molecule has 3 rings (SSSR count). The highest BCUT2D eigenvalue weighted by Crippen LogP contribution is 2.49. The molecule has 0 fully saturated rings. The van der Waals surface area contributed by atoms with Gasteiger partial charge < -0.3 is 4.74 Å². The van der Waals surface area contributed by atoms with Crippen molar-refractivity contribution in [2.45, 2.75) is 46.0 Å². The molecule has 0 bridgehead atoms. The van der Waals surface area contributed by atoms with Gasteiger partial charge in [0.15, 0.2) is 0 Å². The number of rotatable bonds is 1. The van der Waals surface area contributed by atoms with Crippen LogP contribution in [0.1, 0.15) is 50.7 Å². The SMILES string of the molecule is COc1ccc2c(c1)CCC1=C2CCCC1(C)C. The molecule has 0 heterocycles. The van der Waals surface area contributed by atoms with Crippen molar-refractivity contribution < 1.29 is 4.74 Å². The average Bonchev–Trinajstić information content (AvgIpc) is 2.37. The van der Waals surface area contributed by atoms with E-state index in [1.54, 1.807) is 18.3 Å². The topological polar surface area (TPSA) is 9.23 Å². The molecule has 1 aromatic carbocycles. The number of hydrogen-bond acceptors (Lipinski definition) is 1. The first kappa shape index (κ1) is 11.8. The molecule has 0 radical (unpaired) electrons. The van der Waals surface area contributed by atoms with E-state index in [1.807, 2.05) is 0 Å². The standard InChI is InChI=1S/C17H22O/c1-17(2)10-4-5-15-14-8-7-13(18-3)11-12(14)6-9-16(15)17/h7-8,11H,4-6,9-10H2,1-3H3. The Labute approximate surface area is 110 Å². The second-order valence-corrected chi connectivity index (χ2v) is 6.22. The molecule has 0 N–H and O–H groups in total. The third-order valence-electron chi connectivity index (χ3n) is 4.69. The molecule has 0 amide bonds. The summed E-state index contributed by atoms with van der Waals surface area (Å²) in [5.41, 5.74) is 6.72. The van der Waals surface area contributed by atoms with E-state index in [-0.39, 0.29) is 0 Å². The fourth-order valence-corrected chi connectivity index (χ4v) is 3.66. The van der Waals surface area contributed by atoms with Crippen LogP contribution in [0.2, 0.25) is 0 Å². The predicted molar refractivity (Wildman–Crippen MR) is 75.9 cm³/mol. The van der Waals surface area contributed by atoms with Gasteiger partial charge in [0.1, 0.15) is 5.75 Å². The maximum atomic E-state index is 5.34. The zero-order valence-electron chi connectivity index (χ0n) is 11.7. The van der Waals surface area contributed by atoms with Crippen LogP contribution in [0.15, 0.2) is 23.8 Å². The Hall–Kier alpha value is -1.24. The molecule has 96 valence electrons. The first-order valence-corrected chi connectivity index (χ1v) is 7.01. The molecule has 1 aromatic rings. The van der Waals surface area contributed by atoms with Gasteiger partial charge in [-0.05, 0) is 66.4 Å². The molecule has 0 aliphatic heterocycles. The summed E-state index contributed by atoms with van der Waals surface area (Å²) in [5, 5.41) is 0. The van der Waals surface area contributed by atoms with Gasteiger partial charge in [-0.2, -0.15) is 0 Å². The molecule has 2 aliphatic carbocycles. The summed E-state index contributed by atoms with van der Waals surface area (Å²) in [4.78, 5) is 0. The summed E-state index contributed by atoms with van der Waals surface area (Å²) >= 11 is 0. The van der Waals surface area contributed by atoms with E-state index in [0.29, 0.717) is 5.41 Å². The zero-order chi connectivity index (χ0) is 12.8. The molecule has 0 spiro atoms. The predicted octanol–water partition coefficient (Wildman–Crippen LogP) is 4.61. The Morgan fingerprint density at radius 3 is 2.72 bits per heavy atom. The van der Waals surface area contributed by atoms with Crippen LogP contribution in [0.3, 0.4) is 0 Å². The zero-order valence-corrected chi connectivity index (χ0v) is 11.7. The van der Waals surface area contributed by atoms with Crippen LogP contribution >= 0.6 is 0 Å². The molecule has 0 aromatic heterocycles. The van der Waals surface area contributed by atoms with E-state index in [4.69, 9.17) is 4.74 Å². The lowest BCUT2D eigenvalue weighted by Gasteiger charge is -2.38. The van der Waals surface area contributed by atoms with Crippen molar-refractivity contribution in [2.24, 2.45) is 5.41 Å². The number of methoxy groups -OCH3 is 1. The smallest absolute Gasteiger partial charge is 0.119 e. The fraction of sp³-hybridized carbons (Fsp3) is 0.529. The number of benzene rings is 1. The van der Waals surface area contributed by atoms with Crippen molar-refractivity contribution in [1.29, 1.82) is 0 Å². The lowest BCUT2D eigenvalue weighted by molar-refractivity contribution is 0.366. The van der Waals surface area contributed by atoms with Gasteiger partial charge in [0.05, 0.1) is 7.11 Å². The van der Waals surface area contributed by atoms with Crippen molar-refractivity contribution in [2.75, 3.05) is 7.11 Å². The van der Waals surface area contributed by atoms with Gasteiger partial charge in [-0.3, -0.25) is 0 Å². The number of fused-ring (bicyclic) bond motifs is 2.